The number of aliphatic hydroxyl groups excluding tert-OH is 1. The summed E-state index contributed by atoms with van der Waals surface area (Å²) in [4.78, 5) is 3.41. The number of fused-ring (bicyclic) bond motifs is 2. The minimum atomic E-state index is 0.170. The van der Waals surface area contributed by atoms with E-state index in [1.165, 1.54) is 22.3 Å². The van der Waals surface area contributed by atoms with Crippen LogP contribution in [-0.4, -0.2) is 23.7 Å². The molecule has 22 heavy (non-hydrogen) atoms. The number of nitrogens with one attached hydrogen (secondary N) is 1. The van der Waals surface area contributed by atoms with Crippen molar-refractivity contribution in [1.29, 1.82) is 0 Å². The van der Waals surface area contributed by atoms with Crippen LogP contribution in [-0.2, 0) is 6.42 Å². The van der Waals surface area contributed by atoms with Gasteiger partial charge in [0.25, 0.3) is 0 Å². The third-order valence-corrected chi connectivity index (χ3v) is 4.57. The largest absolute Gasteiger partial charge is 0.396 e. The van der Waals surface area contributed by atoms with Crippen molar-refractivity contribution in [3.05, 3.63) is 66.0 Å². The van der Waals surface area contributed by atoms with Gasteiger partial charge in [-0.25, -0.2) is 4.48 Å². The second kappa shape index (κ2) is 4.83. The first-order valence-electron chi connectivity index (χ1n) is 7.59. The number of rotatable bonds is 3. The summed E-state index contributed by atoms with van der Waals surface area (Å²) in [7, 11) is 2.21. The Bertz CT molecular complexity index is 878. The summed E-state index contributed by atoms with van der Waals surface area (Å²) in [6.45, 7) is 0.170. The molecule has 3 aromatic rings. The van der Waals surface area contributed by atoms with Gasteiger partial charge < -0.3 is 10.1 Å². The number of quaternary nitrogens is 1. The summed E-state index contributed by atoms with van der Waals surface area (Å²) >= 11 is 0. The van der Waals surface area contributed by atoms with E-state index < -0.39 is 0 Å². The van der Waals surface area contributed by atoms with Crippen LogP contribution in [0, 0.1) is 0 Å². The van der Waals surface area contributed by atoms with Gasteiger partial charge in [0.1, 0.15) is 17.6 Å². The molecule has 0 amide bonds. The van der Waals surface area contributed by atoms with Gasteiger partial charge in [0.05, 0.1) is 12.6 Å². The molecule has 1 aromatic heterocycles. The summed E-state index contributed by atoms with van der Waals surface area (Å²) in [6, 6.07) is 17.2. The van der Waals surface area contributed by atoms with Crippen LogP contribution in [0.3, 0.4) is 0 Å². The molecule has 0 saturated heterocycles. The zero-order chi connectivity index (χ0) is 15.2. The van der Waals surface area contributed by atoms with Crippen LogP contribution in [0.15, 0.2) is 54.7 Å². The Morgan fingerprint density at radius 1 is 1.09 bits per heavy atom. The second-order valence-electron chi connectivity index (χ2n) is 5.99. The van der Waals surface area contributed by atoms with Crippen molar-refractivity contribution in [2.24, 2.45) is 0 Å². The normalized spacial score (nSPS) is 19.7. The average Bonchev–Trinajstić information content (AvgIpc) is 3.09. The highest BCUT2D eigenvalue weighted by atomic mass is 16.3. The monoisotopic (exact) mass is 291 g/mol. The number of benzene rings is 2. The van der Waals surface area contributed by atoms with Crippen molar-refractivity contribution >= 4 is 28.4 Å². The fraction of sp³-hybridized carbons (Fsp3) is 0.158. The lowest BCUT2D eigenvalue weighted by Crippen LogP contribution is -2.30. The fourth-order valence-corrected chi connectivity index (χ4v) is 3.31. The van der Waals surface area contributed by atoms with E-state index in [1.807, 2.05) is 0 Å². The highest BCUT2D eigenvalue weighted by molar-refractivity contribution is 5.86. The summed E-state index contributed by atoms with van der Waals surface area (Å²) < 4.78 is 0.681. The number of H-pyrrole nitrogens is 1. The van der Waals surface area contributed by atoms with E-state index in [9.17, 15) is 0 Å². The third-order valence-electron chi connectivity index (χ3n) is 4.57. The van der Waals surface area contributed by atoms with E-state index in [-0.39, 0.29) is 6.61 Å². The fourth-order valence-electron chi connectivity index (χ4n) is 3.31. The van der Waals surface area contributed by atoms with E-state index in [1.54, 1.807) is 0 Å². The quantitative estimate of drug-likeness (QED) is 0.704. The summed E-state index contributed by atoms with van der Waals surface area (Å²) in [5.41, 5.74) is 6.00. The number of nitrogens with zero attached hydrogens (tertiary/aromatic N) is 1. The lowest BCUT2D eigenvalue weighted by Gasteiger charge is -2.27. The summed E-state index contributed by atoms with van der Waals surface area (Å²) in [5, 5.41) is 10.3. The van der Waals surface area contributed by atoms with E-state index >= 15 is 0 Å². The molecule has 0 spiro atoms. The first-order valence-corrected chi connectivity index (χ1v) is 7.59. The van der Waals surface area contributed by atoms with Crippen LogP contribution >= 0.6 is 0 Å². The predicted molar refractivity (Wildman–Crippen MR) is 91.9 cm³/mol. The number of aromatic nitrogens is 1. The van der Waals surface area contributed by atoms with Gasteiger partial charge in [-0.2, -0.15) is 0 Å². The molecule has 1 unspecified atom stereocenters. The van der Waals surface area contributed by atoms with Gasteiger partial charge in [-0.1, -0.05) is 12.1 Å². The molecule has 0 saturated carbocycles. The Morgan fingerprint density at radius 2 is 1.95 bits per heavy atom. The minimum absolute atomic E-state index is 0.170. The molecule has 3 heteroatoms. The lowest BCUT2D eigenvalue weighted by molar-refractivity contribution is 0.298. The van der Waals surface area contributed by atoms with Gasteiger partial charge >= 0.3 is 0 Å². The Hall–Kier alpha value is -2.36. The first kappa shape index (κ1) is 13.3. The first-order chi connectivity index (χ1) is 10.7. The molecular weight excluding hydrogens is 272 g/mol. The summed E-state index contributed by atoms with van der Waals surface area (Å²) in [5.74, 6) is 0. The topological polar surface area (TPSA) is 36.0 Å². The maximum Gasteiger partial charge on any atom is 0.149 e. The SMILES string of the molecule is C[N+]1(c2ccc3cc(CCO)[nH]c3c2)C=Cc2ccccc21. The van der Waals surface area contributed by atoms with Crippen LogP contribution in [0.5, 0.6) is 0 Å². The number of aliphatic hydroxyl groups is 1. The Labute approximate surface area is 129 Å². The van der Waals surface area contributed by atoms with Crippen molar-refractivity contribution in [2.45, 2.75) is 6.42 Å². The van der Waals surface area contributed by atoms with Crippen LogP contribution < -0.4 is 4.48 Å². The molecule has 110 valence electrons. The maximum atomic E-state index is 9.09. The van der Waals surface area contributed by atoms with Crippen LogP contribution in [0.4, 0.5) is 11.4 Å². The van der Waals surface area contributed by atoms with Crippen molar-refractivity contribution in [1.82, 2.24) is 9.47 Å². The average molecular weight is 291 g/mol. The van der Waals surface area contributed by atoms with Crippen LogP contribution in [0.25, 0.3) is 17.0 Å². The van der Waals surface area contributed by atoms with Crippen molar-refractivity contribution in [3.8, 4) is 0 Å². The van der Waals surface area contributed by atoms with Crippen LogP contribution in [0.2, 0.25) is 0 Å². The molecule has 2 heterocycles. The van der Waals surface area contributed by atoms with E-state index in [2.05, 4.69) is 72.8 Å². The van der Waals surface area contributed by atoms with Crippen LogP contribution in [0.1, 0.15) is 11.3 Å². The van der Waals surface area contributed by atoms with Gasteiger partial charge in [0.2, 0.25) is 0 Å². The maximum absolute atomic E-state index is 9.09. The van der Waals surface area contributed by atoms with Gasteiger partial charge in [0, 0.05) is 53.9 Å². The van der Waals surface area contributed by atoms with Gasteiger partial charge in [-0.3, -0.25) is 0 Å². The predicted octanol–water partition coefficient (Wildman–Crippen LogP) is 3.96. The number of aromatic amines is 1. The molecule has 0 radical (unpaired) electrons. The molecule has 1 aliphatic heterocycles. The smallest absolute Gasteiger partial charge is 0.149 e. The molecule has 0 aliphatic carbocycles. The number of para-hydroxylation sites is 1. The molecule has 0 fully saturated rings. The van der Waals surface area contributed by atoms with Crippen molar-refractivity contribution < 1.29 is 5.11 Å². The number of hydrogen-bond acceptors (Lipinski definition) is 1. The molecule has 1 atom stereocenters. The zero-order valence-corrected chi connectivity index (χ0v) is 12.6. The lowest BCUT2D eigenvalue weighted by atomic mass is 10.1. The third kappa shape index (κ3) is 1.90. The molecule has 4 rings (SSSR count). The Balaban J connectivity index is 1.83. The van der Waals surface area contributed by atoms with E-state index in [4.69, 9.17) is 5.11 Å². The second-order valence-corrected chi connectivity index (χ2v) is 5.99. The molecule has 0 bridgehead atoms. The Morgan fingerprint density at radius 3 is 2.82 bits per heavy atom. The minimum Gasteiger partial charge on any atom is -0.396 e. The molecule has 2 aromatic carbocycles. The molecule has 2 N–H and O–H groups in total. The van der Waals surface area contributed by atoms with Crippen molar-refractivity contribution in [2.75, 3.05) is 13.7 Å². The van der Waals surface area contributed by atoms with Gasteiger partial charge in [-0.05, 0) is 18.2 Å². The highest BCUT2D eigenvalue weighted by Crippen LogP contribution is 2.41. The zero-order valence-electron chi connectivity index (χ0n) is 12.6. The molecule has 3 nitrogen and oxygen atoms in total. The molecular formula is C19H19N2O+. The van der Waals surface area contributed by atoms with Gasteiger partial charge in [0.15, 0.2) is 0 Å². The van der Waals surface area contributed by atoms with E-state index in [0.29, 0.717) is 10.9 Å². The van der Waals surface area contributed by atoms with E-state index in [0.717, 1.165) is 11.2 Å². The summed E-state index contributed by atoms with van der Waals surface area (Å²) in [6.07, 6.45) is 5.08. The Kier molecular flexibility index (Phi) is 2.93. The number of hydrogen-bond donors (Lipinski definition) is 2. The van der Waals surface area contributed by atoms with Gasteiger partial charge in [-0.15, -0.1) is 0 Å². The molecule has 1 aliphatic rings. The highest BCUT2D eigenvalue weighted by Gasteiger charge is 2.32. The standard InChI is InChI=1S/C19H19N2O/c1-21(10-8-14-4-2-3-5-19(14)21)17-7-6-15-12-16(9-11-22)20-18(15)13-17/h2-8,10,12-13,20,22H,9,11H2,1H3/q+1. The van der Waals surface area contributed by atoms with Crippen molar-refractivity contribution in [3.63, 3.8) is 0 Å².